The summed E-state index contributed by atoms with van der Waals surface area (Å²) in [6.07, 6.45) is 4.83. The molecule has 3 saturated carbocycles. The molecule has 3 aliphatic rings. The van der Waals surface area contributed by atoms with E-state index in [9.17, 15) is 5.11 Å². The van der Waals surface area contributed by atoms with Crippen molar-refractivity contribution in [2.75, 3.05) is 0 Å². The molecule has 3 aliphatic carbocycles. The summed E-state index contributed by atoms with van der Waals surface area (Å²) >= 11 is 6.10. The lowest BCUT2D eigenvalue weighted by molar-refractivity contribution is -0.185. The van der Waals surface area contributed by atoms with Gasteiger partial charge in [-0.25, -0.2) is 0 Å². The van der Waals surface area contributed by atoms with E-state index in [4.69, 9.17) is 11.6 Å². The summed E-state index contributed by atoms with van der Waals surface area (Å²) in [5, 5.41) is 19.2. The Bertz CT molecular complexity index is 589. The maximum Gasteiger partial charge on any atom is 0.0867 e. The lowest BCUT2D eigenvalue weighted by Gasteiger charge is -2.64. The number of H-pyrrole nitrogens is 1. The molecule has 1 atom stereocenters. The Morgan fingerprint density at radius 2 is 2.18 bits per heavy atom. The lowest BCUT2D eigenvalue weighted by atomic mass is 9.42. The summed E-state index contributed by atoms with van der Waals surface area (Å²) in [7, 11) is 0. The third-order valence-corrected chi connectivity index (χ3v) is 4.72. The third-order valence-electron chi connectivity index (χ3n) is 4.50. The van der Waals surface area contributed by atoms with E-state index in [0.29, 0.717) is 5.02 Å². The molecule has 5 rings (SSSR count). The molecule has 1 aromatic carbocycles. The minimum atomic E-state index is -0.408. The van der Waals surface area contributed by atoms with Crippen molar-refractivity contribution in [3.63, 3.8) is 0 Å². The summed E-state index contributed by atoms with van der Waals surface area (Å²) in [4.78, 5) is 0. The number of rotatable bonds is 2. The van der Waals surface area contributed by atoms with Gasteiger partial charge in [-0.2, -0.15) is 5.10 Å². The van der Waals surface area contributed by atoms with E-state index in [1.807, 2.05) is 12.1 Å². The second kappa shape index (κ2) is 3.03. The zero-order valence-electron chi connectivity index (χ0n) is 9.28. The molecule has 3 nitrogen and oxygen atoms in total. The first kappa shape index (κ1) is 9.92. The SMILES string of the molecule is OC(c1cc(Cl)cc2cn[nH]c12)C12CC(C1)C2. The third kappa shape index (κ3) is 1.19. The van der Waals surface area contributed by atoms with Gasteiger partial charge in [0.05, 0.1) is 17.8 Å². The topological polar surface area (TPSA) is 48.9 Å². The van der Waals surface area contributed by atoms with Gasteiger partial charge >= 0.3 is 0 Å². The quantitative estimate of drug-likeness (QED) is 0.858. The highest BCUT2D eigenvalue weighted by atomic mass is 35.5. The Labute approximate surface area is 104 Å². The summed E-state index contributed by atoms with van der Waals surface area (Å²) in [5.74, 6) is 0.862. The molecule has 3 fully saturated rings. The van der Waals surface area contributed by atoms with Gasteiger partial charge in [-0.15, -0.1) is 0 Å². The number of fused-ring (bicyclic) bond motifs is 1. The van der Waals surface area contributed by atoms with Crippen molar-refractivity contribution in [1.29, 1.82) is 0 Å². The smallest absolute Gasteiger partial charge is 0.0867 e. The molecule has 0 aliphatic heterocycles. The van der Waals surface area contributed by atoms with Gasteiger partial charge in [0, 0.05) is 21.4 Å². The van der Waals surface area contributed by atoms with E-state index >= 15 is 0 Å². The van der Waals surface area contributed by atoms with Crippen molar-refractivity contribution >= 4 is 22.5 Å². The van der Waals surface area contributed by atoms with Gasteiger partial charge in [0.25, 0.3) is 0 Å². The van der Waals surface area contributed by atoms with Crippen LogP contribution in [0.3, 0.4) is 0 Å². The highest BCUT2D eigenvalue weighted by molar-refractivity contribution is 6.31. The highest BCUT2D eigenvalue weighted by Gasteiger charge is 2.60. The molecule has 2 N–H and O–H groups in total. The zero-order chi connectivity index (χ0) is 11.6. The summed E-state index contributed by atoms with van der Waals surface area (Å²) in [6.45, 7) is 0. The number of nitrogens with one attached hydrogen (secondary N) is 1. The van der Waals surface area contributed by atoms with E-state index < -0.39 is 6.10 Å². The molecule has 0 radical (unpaired) electrons. The first-order chi connectivity index (χ1) is 8.18. The Kier molecular flexibility index (Phi) is 1.77. The number of aliphatic hydroxyl groups is 1. The van der Waals surface area contributed by atoms with Gasteiger partial charge in [0.2, 0.25) is 0 Å². The molecule has 0 saturated heterocycles. The lowest BCUT2D eigenvalue weighted by Crippen LogP contribution is -2.55. The average molecular weight is 249 g/mol. The molecular formula is C13H13ClN2O. The first-order valence-corrected chi connectivity index (χ1v) is 6.36. The van der Waals surface area contributed by atoms with Crippen LogP contribution in [0.2, 0.25) is 5.02 Å². The van der Waals surface area contributed by atoms with Gasteiger partial charge in [0.15, 0.2) is 0 Å². The van der Waals surface area contributed by atoms with E-state index in [0.717, 1.165) is 41.6 Å². The number of aliphatic hydroxyl groups excluding tert-OH is 1. The van der Waals surface area contributed by atoms with Crippen LogP contribution in [0.4, 0.5) is 0 Å². The van der Waals surface area contributed by atoms with Crippen LogP contribution in [0.15, 0.2) is 18.3 Å². The minimum Gasteiger partial charge on any atom is -0.388 e. The van der Waals surface area contributed by atoms with Crippen LogP contribution >= 0.6 is 11.6 Å². The van der Waals surface area contributed by atoms with Gasteiger partial charge in [-0.05, 0) is 37.3 Å². The van der Waals surface area contributed by atoms with Crippen LogP contribution in [0, 0.1) is 11.3 Å². The van der Waals surface area contributed by atoms with Crippen molar-refractivity contribution in [3.05, 3.63) is 28.9 Å². The molecule has 1 aromatic heterocycles. The first-order valence-electron chi connectivity index (χ1n) is 5.99. The van der Waals surface area contributed by atoms with Crippen LogP contribution in [-0.2, 0) is 0 Å². The van der Waals surface area contributed by atoms with Gasteiger partial charge in [-0.1, -0.05) is 11.6 Å². The number of benzene rings is 1. The molecule has 1 heterocycles. The van der Waals surface area contributed by atoms with Crippen LogP contribution in [-0.4, -0.2) is 15.3 Å². The van der Waals surface area contributed by atoms with Crippen LogP contribution < -0.4 is 0 Å². The Morgan fingerprint density at radius 1 is 1.41 bits per heavy atom. The van der Waals surface area contributed by atoms with Crippen molar-refractivity contribution < 1.29 is 5.11 Å². The highest BCUT2D eigenvalue weighted by Crippen LogP contribution is 2.69. The fourth-order valence-corrected chi connectivity index (χ4v) is 3.71. The number of hydrogen-bond donors (Lipinski definition) is 2. The van der Waals surface area contributed by atoms with E-state index in [2.05, 4.69) is 10.2 Å². The maximum atomic E-state index is 10.6. The number of nitrogens with zero attached hydrogens (tertiary/aromatic N) is 1. The summed E-state index contributed by atoms with van der Waals surface area (Å²) in [6, 6.07) is 3.74. The summed E-state index contributed by atoms with van der Waals surface area (Å²) in [5.41, 5.74) is 1.96. The zero-order valence-corrected chi connectivity index (χ0v) is 10.0. The molecule has 1 unspecified atom stereocenters. The van der Waals surface area contributed by atoms with Crippen LogP contribution in [0.25, 0.3) is 10.9 Å². The van der Waals surface area contributed by atoms with E-state index in [1.165, 1.54) is 0 Å². The maximum absolute atomic E-state index is 10.6. The predicted molar refractivity (Wildman–Crippen MR) is 65.8 cm³/mol. The van der Waals surface area contributed by atoms with Crippen molar-refractivity contribution in [2.45, 2.75) is 25.4 Å². The fourth-order valence-electron chi connectivity index (χ4n) is 3.47. The standard InChI is InChI=1S/C13H13ClN2O/c14-9-1-8-6-15-16-11(8)10(2-9)12(17)13-3-7(4-13)5-13/h1-2,6-7,12,17H,3-5H2,(H,15,16). The summed E-state index contributed by atoms with van der Waals surface area (Å²) < 4.78 is 0. The molecule has 4 heteroatoms. The number of halogens is 1. The number of aromatic nitrogens is 2. The second-order valence-corrected chi connectivity index (χ2v) is 6.01. The minimum absolute atomic E-state index is 0.132. The van der Waals surface area contributed by atoms with Gasteiger partial charge in [-0.3, -0.25) is 5.10 Å². The number of aromatic amines is 1. The average Bonchev–Trinajstić information content (AvgIpc) is 2.58. The predicted octanol–water partition coefficient (Wildman–Crippen LogP) is 3.05. The molecule has 2 aromatic rings. The second-order valence-electron chi connectivity index (χ2n) is 5.57. The molecule has 88 valence electrons. The van der Waals surface area contributed by atoms with Crippen molar-refractivity contribution in [1.82, 2.24) is 10.2 Å². The Balaban J connectivity index is 1.86. The van der Waals surface area contributed by atoms with Crippen LogP contribution in [0.1, 0.15) is 30.9 Å². The largest absolute Gasteiger partial charge is 0.388 e. The fraction of sp³-hybridized carbons (Fsp3) is 0.462. The van der Waals surface area contributed by atoms with Crippen molar-refractivity contribution in [3.8, 4) is 0 Å². The monoisotopic (exact) mass is 248 g/mol. The Hall–Kier alpha value is -1.06. The van der Waals surface area contributed by atoms with E-state index in [1.54, 1.807) is 6.20 Å². The Morgan fingerprint density at radius 3 is 2.82 bits per heavy atom. The normalized spacial score (nSPS) is 32.0. The molecule has 2 bridgehead atoms. The molecular weight excluding hydrogens is 236 g/mol. The van der Waals surface area contributed by atoms with Gasteiger partial charge in [0.1, 0.15) is 0 Å². The molecule has 0 amide bonds. The molecule has 17 heavy (non-hydrogen) atoms. The number of hydrogen-bond acceptors (Lipinski definition) is 2. The van der Waals surface area contributed by atoms with Crippen molar-refractivity contribution in [2.24, 2.45) is 11.3 Å². The van der Waals surface area contributed by atoms with E-state index in [-0.39, 0.29) is 5.41 Å². The van der Waals surface area contributed by atoms with Crippen LogP contribution in [0.5, 0.6) is 0 Å². The van der Waals surface area contributed by atoms with Gasteiger partial charge < -0.3 is 5.11 Å². The molecule has 0 spiro atoms.